The molecule has 2 aromatic carbocycles. The molecule has 0 aliphatic rings. The van der Waals surface area contributed by atoms with E-state index in [1.54, 1.807) is 7.11 Å². The van der Waals surface area contributed by atoms with Crippen LogP contribution in [-0.4, -0.2) is 18.1 Å². The van der Waals surface area contributed by atoms with E-state index in [0.717, 1.165) is 16.9 Å². The van der Waals surface area contributed by atoms with Crippen LogP contribution in [-0.2, 0) is 5.41 Å². The lowest BCUT2D eigenvalue weighted by molar-refractivity contribution is -0.525. The number of benzene rings is 2. The fourth-order valence-corrected chi connectivity index (χ4v) is 3.14. The van der Waals surface area contributed by atoms with Crippen molar-refractivity contribution in [2.24, 2.45) is 0 Å². The van der Waals surface area contributed by atoms with Gasteiger partial charge >= 0.3 is 0 Å². The van der Waals surface area contributed by atoms with Crippen LogP contribution in [0.3, 0.4) is 0 Å². The van der Waals surface area contributed by atoms with Crippen LogP contribution in [0.15, 0.2) is 48.5 Å². The predicted octanol–water partition coefficient (Wildman–Crippen LogP) is 5.18. The number of methoxy groups -OCH3 is 1. The lowest BCUT2D eigenvalue weighted by Crippen LogP contribution is -2.28. The molecule has 134 valence electrons. The van der Waals surface area contributed by atoms with Crippen LogP contribution in [0, 0.1) is 10.1 Å². The maximum Gasteiger partial charge on any atom is 0.223 e. The predicted molar refractivity (Wildman–Crippen MR) is 101 cm³/mol. The van der Waals surface area contributed by atoms with Crippen molar-refractivity contribution in [3.63, 3.8) is 0 Å². The number of hydrogen-bond acceptors (Lipinski definition) is 3. The molecule has 0 amide bonds. The highest BCUT2D eigenvalue weighted by atomic mass is 16.6. The second kappa shape index (κ2) is 7.68. The average Bonchev–Trinajstić information content (AvgIpc) is 2.59. The third-order valence-corrected chi connectivity index (χ3v) is 4.68. The van der Waals surface area contributed by atoms with Crippen molar-refractivity contribution in [3.05, 3.63) is 75.3 Å². The number of rotatable bonds is 6. The minimum absolute atomic E-state index is 0.0569. The van der Waals surface area contributed by atoms with Gasteiger partial charge in [0.05, 0.1) is 13.0 Å². The van der Waals surface area contributed by atoms with Gasteiger partial charge in [-0.1, -0.05) is 64.1 Å². The first-order chi connectivity index (χ1) is 11.8. The minimum Gasteiger partial charge on any atom is -0.497 e. The van der Waals surface area contributed by atoms with Crippen LogP contribution in [0.4, 0.5) is 0 Å². The molecule has 0 fully saturated rings. The zero-order chi connectivity index (χ0) is 18.6. The summed E-state index contributed by atoms with van der Waals surface area (Å²) in [5, 5.41) is 11.6. The Morgan fingerprint density at radius 2 is 1.48 bits per heavy atom. The Balaban J connectivity index is 2.48. The second-order valence-electron chi connectivity index (χ2n) is 7.38. The minimum atomic E-state index is -0.658. The molecule has 0 saturated carbocycles. The highest BCUT2D eigenvalue weighted by Crippen LogP contribution is 2.33. The highest BCUT2D eigenvalue weighted by Gasteiger charge is 2.32. The van der Waals surface area contributed by atoms with Crippen molar-refractivity contribution in [1.29, 1.82) is 0 Å². The van der Waals surface area contributed by atoms with Gasteiger partial charge in [-0.05, 0) is 34.2 Å². The standard InChI is InChI=1S/C21H27NO3/c1-6-19(22(23)24)20(16-9-13-18(25-5)14-10-16)15-7-11-17(12-8-15)21(2,3)4/h7-14,19-20H,6H2,1-5H3. The van der Waals surface area contributed by atoms with Crippen LogP contribution >= 0.6 is 0 Å². The molecule has 0 N–H and O–H groups in total. The topological polar surface area (TPSA) is 52.4 Å². The Morgan fingerprint density at radius 3 is 1.84 bits per heavy atom. The van der Waals surface area contributed by atoms with E-state index in [-0.39, 0.29) is 16.3 Å². The van der Waals surface area contributed by atoms with E-state index in [2.05, 4.69) is 32.9 Å². The summed E-state index contributed by atoms with van der Waals surface area (Å²) in [5.74, 6) is 0.472. The molecule has 2 unspecified atom stereocenters. The molecule has 0 spiro atoms. The van der Waals surface area contributed by atoms with Gasteiger partial charge in [0.15, 0.2) is 0 Å². The van der Waals surface area contributed by atoms with Crippen molar-refractivity contribution in [2.45, 2.75) is 51.5 Å². The molecule has 4 heteroatoms. The number of nitro groups is 1. The van der Waals surface area contributed by atoms with Crippen LogP contribution in [0.2, 0.25) is 0 Å². The van der Waals surface area contributed by atoms with Crippen molar-refractivity contribution < 1.29 is 9.66 Å². The smallest absolute Gasteiger partial charge is 0.223 e. The molecule has 0 bridgehead atoms. The zero-order valence-electron chi connectivity index (χ0n) is 15.7. The third kappa shape index (κ3) is 4.38. The van der Waals surface area contributed by atoms with Gasteiger partial charge in [0, 0.05) is 11.3 Å². The van der Waals surface area contributed by atoms with Crippen LogP contribution in [0.5, 0.6) is 5.75 Å². The lowest BCUT2D eigenvalue weighted by atomic mass is 9.81. The summed E-state index contributed by atoms with van der Waals surface area (Å²) in [6, 6.07) is 15.1. The maximum absolute atomic E-state index is 11.6. The summed E-state index contributed by atoms with van der Waals surface area (Å²) in [7, 11) is 1.61. The van der Waals surface area contributed by atoms with Gasteiger partial charge in [0.1, 0.15) is 5.75 Å². The fraction of sp³-hybridized carbons (Fsp3) is 0.429. The molecule has 4 nitrogen and oxygen atoms in total. The van der Waals surface area contributed by atoms with Gasteiger partial charge in [0.25, 0.3) is 0 Å². The first kappa shape index (κ1) is 19.0. The molecule has 0 saturated heterocycles. The van der Waals surface area contributed by atoms with E-state index in [9.17, 15) is 10.1 Å². The van der Waals surface area contributed by atoms with E-state index >= 15 is 0 Å². The molecule has 0 aromatic heterocycles. The third-order valence-electron chi connectivity index (χ3n) is 4.68. The van der Waals surface area contributed by atoms with Crippen LogP contribution in [0.1, 0.15) is 56.7 Å². The zero-order valence-corrected chi connectivity index (χ0v) is 15.7. The van der Waals surface area contributed by atoms with Crippen molar-refractivity contribution >= 4 is 0 Å². The molecule has 0 heterocycles. The van der Waals surface area contributed by atoms with Gasteiger partial charge in [-0.2, -0.15) is 0 Å². The van der Waals surface area contributed by atoms with Crippen LogP contribution in [0.25, 0.3) is 0 Å². The average molecular weight is 341 g/mol. The van der Waals surface area contributed by atoms with E-state index in [4.69, 9.17) is 4.74 Å². The molecular formula is C21H27NO3. The van der Waals surface area contributed by atoms with E-state index in [1.807, 2.05) is 43.3 Å². The summed E-state index contributed by atoms with van der Waals surface area (Å²) in [6.07, 6.45) is 0.477. The van der Waals surface area contributed by atoms with Gasteiger partial charge in [0.2, 0.25) is 6.04 Å². The van der Waals surface area contributed by atoms with E-state index in [0.29, 0.717) is 6.42 Å². The van der Waals surface area contributed by atoms with Crippen LogP contribution < -0.4 is 4.74 Å². The van der Waals surface area contributed by atoms with Gasteiger partial charge in [-0.3, -0.25) is 10.1 Å². The van der Waals surface area contributed by atoms with Gasteiger partial charge in [-0.25, -0.2) is 0 Å². The number of ether oxygens (including phenoxy) is 1. The molecule has 2 aromatic rings. The molecule has 2 rings (SSSR count). The molecule has 0 aliphatic heterocycles. The Kier molecular flexibility index (Phi) is 5.83. The monoisotopic (exact) mass is 341 g/mol. The summed E-state index contributed by atoms with van der Waals surface area (Å²) in [5.41, 5.74) is 3.19. The Morgan fingerprint density at radius 1 is 1.00 bits per heavy atom. The number of hydrogen-bond donors (Lipinski definition) is 0. The Bertz CT molecular complexity index is 699. The first-order valence-electron chi connectivity index (χ1n) is 8.65. The first-order valence-corrected chi connectivity index (χ1v) is 8.65. The molecular weight excluding hydrogens is 314 g/mol. The maximum atomic E-state index is 11.6. The van der Waals surface area contributed by atoms with Gasteiger partial charge < -0.3 is 4.74 Å². The fourth-order valence-electron chi connectivity index (χ4n) is 3.14. The summed E-state index contributed by atoms with van der Waals surface area (Å²) < 4.78 is 5.21. The largest absolute Gasteiger partial charge is 0.497 e. The quantitative estimate of drug-likeness (QED) is 0.537. The Hall–Kier alpha value is -2.36. The molecule has 0 aliphatic carbocycles. The van der Waals surface area contributed by atoms with Gasteiger partial charge in [-0.15, -0.1) is 0 Å². The Labute approximate surface area is 150 Å². The SMILES string of the molecule is CCC(C(c1ccc(OC)cc1)c1ccc(C(C)(C)C)cc1)[N+](=O)[O-]. The van der Waals surface area contributed by atoms with Crippen molar-refractivity contribution in [2.75, 3.05) is 7.11 Å². The normalized spacial score (nSPS) is 14.0. The van der Waals surface area contributed by atoms with Crippen molar-refractivity contribution in [3.8, 4) is 5.75 Å². The summed E-state index contributed by atoms with van der Waals surface area (Å²) in [4.78, 5) is 11.5. The summed E-state index contributed by atoms with van der Waals surface area (Å²) in [6.45, 7) is 8.35. The number of nitrogens with zero attached hydrogens (tertiary/aromatic N) is 1. The van der Waals surface area contributed by atoms with E-state index in [1.165, 1.54) is 5.56 Å². The lowest BCUT2D eigenvalue weighted by Gasteiger charge is -2.23. The highest BCUT2D eigenvalue weighted by molar-refractivity contribution is 5.39. The summed E-state index contributed by atoms with van der Waals surface area (Å²) >= 11 is 0. The van der Waals surface area contributed by atoms with Crippen molar-refractivity contribution in [1.82, 2.24) is 0 Å². The molecule has 0 radical (unpaired) electrons. The molecule has 2 atom stereocenters. The molecule has 25 heavy (non-hydrogen) atoms. The van der Waals surface area contributed by atoms with E-state index < -0.39 is 6.04 Å². The second-order valence-corrected chi connectivity index (χ2v) is 7.38.